The van der Waals surface area contributed by atoms with Crippen LogP contribution in [0.15, 0.2) is 24.3 Å². The zero-order chi connectivity index (χ0) is 11.4. The van der Waals surface area contributed by atoms with E-state index in [1.807, 2.05) is 47.8 Å². The molecule has 1 aromatic carbocycles. The summed E-state index contributed by atoms with van der Waals surface area (Å²) in [6, 6.07) is 7.76. The summed E-state index contributed by atoms with van der Waals surface area (Å²) in [5.74, 6) is 3.41. The summed E-state index contributed by atoms with van der Waals surface area (Å²) in [6.07, 6.45) is 0.385. The van der Waals surface area contributed by atoms with Crippen LogP contribution in [0.1, 0.15) is 5.56 Å². The summed E-state index contributed by atoms with van der Waals surface area (Å²) in [5.41, 5.74) is 1.05. The summed E-state index contributed by atoms with van der Waals surface area (Å²) in [6.45, 7) is 0. The first-order chi connectivity index (χ1) is 7.77. The molecule has 2 rings (SSSR count). The number of hydrogen-bond donors (Lipinski definition) is 1. The normalized spacial score (nSPS) is 23.0. The summed E-state index contributed by atoms with van der Waals surface area (Å²) < 4.78 is 0. The van der Waals surface area contributed by atoms with E-state index < -0.39 is 0 Å². The highest BCUT2D eigenvalue weighted by Gasteiger charge is 2.23. The van der Waals surface area contributed by atoms with Gasteiger partial charge in [-0.25, -0.2) is 0 Å². The average molecular weight is 275 g/mol. The Hall–Kier alpha value is 0.170. The molecular formula is C12H15ClOS2. The molecule has 1 aromatic rings. The lowest BCUT2D eigenvalue weighted by molar-refractivity contribution is 0.177. The van der Waals surface area contributed by atoms with E-state index >= 15 is 0 Å². The molecule has 0 aromatic heterocycles. The number of rotatable bonds is 3. The molecule has 0 spiro atoms. The molecule has 88 valence electrons. The maximum atomic E-state index is 10.2. The van der Waals surface area contributed by atoms with Crippen molar-refractivity contribution in [2.24, 2.45) is 0 Å². The van der Waals surface area contributed by atoms with Gasteiger partial charge in [-0.2, -0.15) is 23.5 Å². The smallest absolute Gasteiger partial charge is 0.0707 e. The van der Waals surface area contributed by atoms with E-state index in [9.17, 15) is 5.11 Å². The Balaban J connectivity index is 1.96. The standard InChI is InChI=1S/C12H15ClOS2/c13-10-4-2-1-3-9(10)7-11(14)12-8-15-5-6-16-12/h1-4,11-12,14H,5-8H2. The third kappa shape index (κ3) is 3.33. The van der Waals surface area contributed by atoms with Crippen molar-refractivity contribution in [1.29, 1.82) is 0 Å². The Morgan fingerprint density at radius 2 is 2.19 bits per heavy atom. The predicted octanol–water partition coefficient (Wildman–Crippen LogP) is 3.09. The fourth-order valence-corrected chi connectivity index (χ4v) is 4.73. The van der Waals surface area contributed by atoms with Gasteiger partial charge in [0, 0.05) is 34.0 Å². The lowest BCUT2D eigenvalue weighted by atomic mass is 10.1. The molecule has 1 aliphatic heterocycles. The predicted molar refractivity (Wildman–Crippen MR) is 74.7 cm³/mol. The topological polar surface area (TPSA) is 20.2 Å². The van der Waals surface area contributed by atoms with Gasteiger partial charge in [0.25, 0.3) is 0 Å². The van der Waals surface area contributed by atoms with Crippen LogP contribution in [-0.2, 0) is 6.42 Å². The molecule has 1 heterocycles. The molecule has 1 aliphatic rings. The summed E-state index contributed by atoms with van der Waals surface area (Å²) in [7, 11) is 0. The van der Waals surface area contributed by atoms with Gasteiger partial charge in [-0.1, -0.05) is 29.8 Å². The van der Waals surface area contributed by atoms with Gasteiger partial charge in [-0.05, 0) is 11.6 Å². The van der Waals surface area contributed by atoms with Crippen molar-refractivity contribution >= 4 is 35.1 Å². The highest BCUT2D eigenvalue weighted by Crippen LogP contribution is 2.28. The molecule has 0 radical (unpaired) electrons. The van der Waals surface area contributed by atoms with Crippen molar-refractivity contribution in [3.63, 3.8) is 0 Å². The van der Waals surface area contributed by atoms with Crippen molar-refractivity contribution < 1.29 is 5.11 Å². The Morgan fingerprint density at radius 3 is 2.88 bits per heavy atom. The van der Waals surface area contributed by atoms with E-state index in [1.165, 1.54) is 5.75 Å². The highest BCUT2D eigenvalue weighted by atomic mass is 35.5. The average Bonchev–Trinajstić information content (AvgIpc) is 2.33. The third-order valence-electron chi connectivity index (χ3n) is 2.66. The van der Waals surface area contributed by atoms with E-state index in [4.69, 9.17) is 11.6 Å². The molecule has 1 fully saturated rings. The number of aliphatic hydroxyl groups is 1. The van der Waals surface area contributed by atoms with Crippen LogP contribution in [0.25, 0.3) is 0 Å². The molecule has 2 unspecified atom stereocenters. The molecule has 1 N–H and O–H groups in total. The lowest BCUT2D eigenvalue weighted by Crippen LogP contribution is -2.30. The second kappa shape index (κ2) is 6.20. The maximum Gasteiger partial charge on any atom is 0.0707 e. The van der Waals surface area contributed by atoms with Crippen LogP contribution in [0.3, 0.4) is 0 Å². The van der Waals surface area contributed by atoms with Gasteiger partial charge in [0.1, 0.15) is 0 Å². The zero-order valence-electron chi connectivity index (χ0n) is 8.93. The van der Waals surface area contributed by atoms with Gasteiger partial charge in [-0.3, -0.25) is 0 Å². The third-order valence-corrected chi connectivity index (χ3v) is 5.93. The Morgan fingerprint density at radius 1 is 1.38 bits per heavy atom. The number of aliphatic hydroxyl groups excluding tert-OH is 1. The van der Waals surface area contributed by atoms with Gasteiger partial charge in [0.05, 0.1) is 6.10 Å². The Kier molecular flexibility index (Phi) is 4.89. The highest BCUT2D eigenvalue weighted by molar-refractivity contribution is 8.06. The minimum absolute atomic E-state index is 0.280. The van der Waals surface area contributed by atoms with E-state index in [0.29, 0.717) is 11.7 Å². The van der Waals surface area contributed by atoms with E-state index in [2.05, 4.69) is 0 Å². The van der Waals surface area contributed by atoms with Crippen molar-refractivity contribution in [2.45, 2.75) is 17.8 Å². The number of benzene rings is 1. The molecule has 1 saturated heterocycles. The monoisotopic (exact) mass is 274 g/mol. The van der Waals surface area contributed by atoms with E-state index in [-0.39, 0.29) is 6.10 Å². The van der Waals surface area contributed by atoms with Gasteiger partial charge in [0.2, 0.25) is 0 Å². The SMILES string of the molecule is OC(Cc1ccccc1Cl)C1CSCCS1. The van der Waals surface area contributed by atoms with Gasteiger partial charge >= 0.3 is 0 Å². The molecule has 2 atom stereocenters. The lowest BCUT2D eigenvalue weighted by Gasteiger charge is -2.26. The van der Waals surface area contributed by atoms with Crippen LogP contribution in [0.4, 0.5) is 0 Å². The maximum absolute atomic E-state index is 10.2. The summed E-state index contributed by atoms with van der Waals surface area (Å²) in [4.78, 5) is 0. The molecule has 16 heavy (non-hydrogen) atoms. The van der Waals surface area contributed by atoms with Crippen LogP contribution < -0.4 is 0 Å². The fraction of sp³-hybridized carbons (Fsp3) is 0.500. The van der Waals surface area contributed by atoms with Crippen molar-refractivity contribution in [3.8, 4) is 0 Å². The first kappa shape index (κ1) is 12.6. The Bertz CT molecular complexity index is 340. The van der Waals surface area contributed by atoms with Gasteiger partial charge in [0.15, 0.2) is 0 Å². The summed E-state index contributed by atoms with van der Waals surface area (Å²) in [5, 5.41) is 11.3. The minimum atomic E-state index is -0.280. The molecule has 1 nitrogen and oxygen atoms in total. The second-order valence-corrected chi connectivity index (χ2v) is 6.75. The molecular weight excluding hydrogens is 260 g/mol. The summed E-state index contributed by atoms with van der Waals surface area (Å²) >= 11 is 9.90. The molecule has 0 saturated carbocycles. The Labute approximate surface area is 110 Å². The van der Waals surface area contributed by atoms with Gasteiger partial charge < -0.3 is 5.11 Å². The number of hydrogen-bond acceptors (Lipinski definition) is 3. The van der Waals surface area contributed by atoms with Crippen LogP contribution in [-0.4, -0.2) is 33.7 Å². The number of thioether (sulfide) groups is 2. The minimum Gasteiger partial charge on any atom is -0.392 e. The van der Waals surface area contributed by atoms with Gasteiger partial charge in [-0.15, -0.1) is 0 Å². The zero-order valence-corrected chi connectivity index (χ0v) is 11.3. The quantitative estimate of drug-likeness (QED) is 0.915. The van der Waals surface area contributed by atoms with Crippen LogP contribution in [0.2, 0.25) is 5.02 Å². The fourth-order valence-electron chi connectivity index (χ4n) is 1.75. The second-order valence-electron chi connectivity index (χ2n) is 3.85. The van der Waals surface area contributed by atoms with Crippen LogP contribution in [0, 0.1) is 0 Å². The number of halogens is 1. The molecule has 0 aliphatic carbocycles. The van der Waals surface area contributed by atoms with Crippen LogP contribution in [0.5, 0.6) is 0 Å². The van der Waals surface area contributed by atoms with E-state index in [0.717, 1.165) is 22.1 Å². The molecule has 4 heteroatoms. The first-order valence-corrected chi connectivity index (χ1v) is 7.96. The van der Waals surface area contributed by atoms with Crippen molar-refractivity contribution in [2.75, 3.05) is 17.3 Å². The van der Waals surface area contributed by atoms with Crippen molar-refractivity contribution in [1.82, 2.24) is 0 Å². The molecule has 0 amide bonds. The van der Waals surface area contributed by atoms with E-state index in [1.54, 1.807) is 0 Å². The largest absolute Gasteiger partial charge is 0.392 e. The van der Waals surface area contributed by atoms with Crippen molar-refractivity contribution in [3.05, 3.63) is 34.9 Å². The first-order valence-electron chi connectivity index (χ1n) is 5.38. The van der Waals surface area contributed by atoms with Crippen LogP contribution >= 0.6 is 35.1 Å². The molecule has 0 bridgehead atoms.